The summed E-state index contributed by atoms with van der Waals surface area (Å²) in [5.74, 6) is -0.334. The molecule has 0 atom stereocenters. The smallest absolute Gasteiger partial charge is 0.241 e. The van der Waals surface area contributed by atoms with Gasteiger partial charge in [-0.05, 0) is 18.9 Å². The van der Waals surface area contributed by atoms with Gasteiger partial charge in [0.05, 0.1) is 0 Å². The number of amides is 1. The molecular weight excluding hydrogens is 234 g/mol. The van der Waals surface area contributed by atoms with E-state index in [1.807, 2.05) is 6.08 Å². The summed E-state index contributed by atoms with van der Waals surface area (Å²) in [6, 6.07) is 0. The molecule has 0 radical (unpaired) electrons. The maximum absolute atomic E-state index is 10.5. The van der Waals surface area contributed by atoms with Gasteiger partial charge in [-0.2, -0.15) is 0 Å². The Morgan fingerprint density at radius 2 is 1.21 bits per heavy atom. The van der Waals surface area contributed by atoms with E-state index in [4.69, 9.17) is 5.73 Å². The molecule has 2 N–H and O–H groups in total. The predicted molar refractivity (Wildman–Crippen MR) is 84.0 cm³/mol. The van der Waals surface area contributed by atoms with Crippen molar-refractivity contribution in [2.24, 2.45) is 5.73 Å². The number of carbonyl (C=O) groups is 1. The number of hydrogen-bond donors (Lipinski definition) is 1. The monoisotopic (exact) mass is 267 g/mol. The minimum absolute atomic E-state index is 0.334. The van der Waals surface area contributed by atoms with Crippen LogP contribution in [0.1, 0.15) is 90.4 Å². The summed E-state index contributed by atoms with van der Waals surface area (Å²) in [5.41, 5.74) is 5.01. The third-order valence-electron chi connectivity index (χ3n) is 3.51. The van der Waals surface area contributed by atoms with Gasteiger partial charge in [0.25, 0.3) is 0 Å². The Labute approximate surface area is 119 Å². The molecule has 2 heteroatoms. The Hall–Kier alpha value is -0.790. The lowest BCUT2D eigenvalue weighted by molar-refractivity contribution is -0.113. The summed E-state index contributed by atoms with van der Waals surface area (Å²) >= 11 is 0. The van der Waals surface area contributed by atoms with Crippen molar-refractivity contribution in [2.75, 3.05) is 0 Å². The van der Waals surface area contributed by atoms with Crippen molar-refractivity contribution < 1.29 is 4.79 Å². The lowest BCUT2D eigenvalue weighted by Gasteiger charge is -2.02. The number of carbonyl (C=O) groups excluding carboxylic acids is 1. The van der Waals surface area contributed by atoms with E-state index in [1.165, 1.54) is 83.1 Å². The molecule has 0 bridgehead atoms. The Morgan fingerprint density at radius 3 is 1.63 bits per heavy atom. The summed E-state index contributed by atoms with van der Waals surface area (Å²) in [7, 11) is 0. The summed E-state index contributed by atoms with van der Waals surface area (Å²) in [5, 5.41) is 0. The fourth-order valence-corrected chi connectivity index (χ4v) is 2.30. The second kappa shape index (κ2) is 15.3. The van der Waals surface area contributed by atoms with E-state index in [1.54, 1.807) is 0 Å². The average Bonchev–Trinajstić information content (AvgIpc) is 2.39. The van der Waals surface area contributed by atoms with Gasteiger partial charge < -0.3 is 5.73 Å². The minimum Gasteiger partial charge on any atom is -0.366 e. The van der Waals surface area contributed by atoms with E-state index >= 15 is 0 Å². The molecule has 0 spiro atoms. The van der Waals surface area contributed by atoms with Crippen molar-refractivity contribution in [2.45, 2.75) is 90.4 Å². The maximum atomic E-state index is 10.5. The van der Waals surface area contributed by atoms with Crippen LogP contribution >= 0.6 is 0 Å². The fraction of sp³-hybridized carbons (Fsp3) is 0.824. The van der Waals surface area contributed by atoms with Crippen LogP contribution in [0.3, 0.4) is 0 Å². The van der Waals surface area contributed by atoms with Crippen molar-refractivity contribution in [3.8, 4) is 0 Å². The van der Waals surface area contributed by atoms with Crippen LogP contribution in [0, 0.1) is 0 Å². The van der Waals surface area contributed by atoms with Gasteiger partial charge in [0.15, 0.2) is 0 Å². The lowest BCUT2D eigenvalue weighted by Crippen LogP contribution is -2.05. The second-order valence-corrected chi connectivity index (χ2v) is 5.48. The van der Waals surface area contributed by atoms with Crippen molar-refractivity contribution in [1.29, 1.82) is 0 Å². The van der Waals surface area contributed by atoms with Gasteiger partial charge in [0.2, 0.25) is 5.91 Å². The van der Waals surface area contributed by atoms with E-state index in [9.17, 15) is 4.79 Å². The minimum atomic E-state index is -0.334. The molecule has 0 fully saturated rings. The van der Waals surface area contributed by atoms with Gasteiger partial charge in [-0.3, -0.25) is 4.79 Å². The van der Waals surface area contributed by atoms with Crippen molar-refractivity contribution >= 4 is 5.91 Å². The van der Waals surface area contributed by atoms with E-state index in [2.05, 4.69) is 6.92 Å². The molecule has 0 saturated heterocycles. The first-order valence-electron chi connectivity index (χ1n) is 8.23. The van der Waals surface area contributed by atoms with Crippen molar-refractivity contribution in [3.63, 3.8) is 0 Å². The largest absolute Gasteiger partial charge is 0.366 e. The van der Waals surface area contributed by atoms with Crippen molar-refractivity contribution in [3.05, 3.63) is 12.2 Å². The molecule has 19 heavy (non-hydrogen) atoms. The molecule has 0 aromatic carbocycles. The SMILES string of the molecule is CCCCCCCCCCCCCCC=CC(N)=O. The van der Waals surface area contributed by atoms with E-state index in [0.29, 0.717) is 0 Å². The first kappa shape index (κ1) is 18.2. The Balaban J connectivity index is 3.01. The van der Waals surface area contributed by atoms with Gasteiger partial charge >= 0.3 is 0 Å². The summed E-state index contributed by atoms with van der Waals surface area (Å²) in [6.07, 6.45) is 20.8. The second-order valence-electron chi connectivity index (χ2n) is 5.48. The van der Waals surface area contributed by atoms with Gasteiger partial charge in [0, 0.05) is 0 Å². The van der Waals surface area contributed by atoms with Crippen LogP contribution in [0.2, 0.25) is 0 Å². The number of primary amides is 1. The quantitative estimate of drug-likeness (QED) is 0.344. The van der Waals surface area contributed by atoms with Gasteiger partial charge in [-0.15, -0.1) is 0 Å². The summed E-state index contributed by atoms with van der Waals surface area (Å²) in [4.78, 5) is 10.5. The number of rotatable bonds is 14. The fourth-order valence-electron chi connectivity index (χ4n) is 2.30. The molecule has 0 aromatic rings. The van der Waals surface area contributed by atoms with Crippen LogP contribution in [-0.4, -0.2) is 5.91 Å². The first-order valence-corrected chi connectivity index (χ1v) is 8.23. The lowest BCUT2D eigenvalue weighted by atomic mass is 10.0. The molecule has 1 amide bonds. The topological polar surface area (TPSA) is 43.1 Å². The van der Waals surface area contributed by atoms with Crippen LogP contribution in [0.25, 0.3) is 0 Å². The average molecular weight is 267 g/mol. The number of hydrogen-bond acceptors (Lipinski definition) is 1. The highest BCUT2D eigenvalue weighted by Gasteiger charge is 1.93. The number of nitrogens with two attached hydrogens (primary N) is 1. The Morgan fingerprint density at radius 1 is 0.789 bits per heavy atom. The number of allylic oxidation sites excluding steroid dienone is 1. The summed E-state index contributed by atoms with van der Waals surface area (Å²) < 4.78 is 0. The highest BCUT2D eigenvalue weighted by atomic mass is 16.1. The number of unbranched alkanes of at least 4 members (excludes halogenated alkanes) is 12. The molecule has 0 heterocycles. The zero-order valence-electron chi connectivity index (χ0n) is 12.8. The van der Waals surface area contributed by atoms with Crippen LogP contribution < -0.4 is 5.73 Å². The molecular formula is C17H33NO. The van der Waals surface area contributed by atoms with E-state index in [-0.39, 0.29) is 5.91 Å². The normalized spacial score (nSPS) is 11.2. The standard InChI is InChI=1S/C17H33NO/c1-2-3-4-5-6-7-8-9-10-11-12-13-14-15-16-17(18)19/h15-16H,2-14H2,1H3,(H2,18,19). The van der Waals surface area contributed by atoms with E-state index < -0.39 is 0 Å². The molecule has 0 rings (SSSR count). The summed E-state index contributed by atoms with van der Waals surface area (Å²) in [6.45, 7) is 2.27. The molecule has 0 aromatic heterocycles. The Bertz CT molecular complexity index is 223. The molecule has 2 nitrogen and oxygen atoms in total. The zero-order valence-corrected chi connectivity index (χ0v) is 12.8. The first-order chi connectivity index (χ1) is 9.27. The maximum Gasteiger partial charge on any atom is 0.241 e. The molecule has 112 valence electrons. The van der Waals surface area contributed by atoms with E-state index in [0.717, 1.165) is 6.42 Å². The molecule has 0 aliphatic carbocycles. The van der Waals surface area contributed by atoms with Crippen LogP contribution in [0.5, 0.6) is 0 Å². The molecule has 0 aliphatic heterocycles. The molecule has 0 aliphatic rings. The highest BCUT2D eigenvalue weighted by molar-refractivity contribution is 5.85. The third kappa shape index (κ3) is 17.2. The van der Waals surface area contributed by atoms with Gasteiger partial charge in [0.1, 0.15) is 0 Å². The van der Waals surface area contributed by atoms with Gasteiger partial charge in [-0.25, -0.2) is 0 Å². The van der Waals surface area contributed by atoms with Crippen LogP contribution in [0.4, 0.5) is 0 Å². The van der Waals surface area contributed by atoms with Crippen LogP contribution in [0.15, 0.2) is 12.2 Å². The van der Waals surface area contributed by atoms with Crippen LogP contribution in [-0.2, 0) is 4.79 Å². The predicted octanol–water partition coefficient (Wildman–Crippen LogP) is 5.12. The zero-order chi connectivity index (χ0) is 14.2. The van der Waals surface area contributed by atoms with Crippen molar-refractivity contribution in [1.82, 2.24) is 0 Å². The molecule has 0 unspecified atom stereocenters. The van der Waals surface area contributed by atoms with Gasteiger partial charge in [-0.1, -0.05) is 83.6 Å². The molecule has 0 saturated carbocycles. The third-order valence-corrected chi connectivity index (χ3v) is 3.51. The highest BCUT2D eigenvalue weighted by Crippen LogP contribution is 2.12. The Kier molecular flexibility index (Phi) is 14.6.